The van der Waals surface area contributed by atoms with Gasteiger partial charge in [-0.3, -0.25) is 0 Å². The molecule has 0 amide bonds. The highest BCUT2D eigenvalue weighted by Gasteiger charge is 2.34. The van der Waals surface area contributed by atoms with Gasteiger partial charge in [0.1, 0.15) is 17.6 Å². The van der Waals surface area contributed by atoms with Crippen molar-refractivity contribution in [1.82, 2.24) is 10.1 Å². The number of hydrogen-bond acceptors (Lipinski definition) is 6. The number of nitrogens with two attached hydrogens (primary N) is 1. The maximum atomic E-state index is 10.8. The van der Waals surface area contributed by atoms with Crippen molar-refractivity contribution in [3.63, 3.8) is 0 Å². The van der Waals surface area contributed by atoms with Crippen LogP contribution in [0, 0.1) is 5.92 Å². The monoisotopic (exact) mass is 514 g/mol. The quantitative estimate of drug-likeness (QED) is 0.142. The largest absolute Gasteiger partial charge is 0.384 e. The minimum atomic E-state index is -0.585. The second kappa shape index (κ2) is 12.2. The smallest absolute Gasteiger partial charge is 0.349 e. The van der Waals surface area contributed by atoms with Crippen molar-refractivity contribution in [2.75, 3.05) is 5.88 Å². The van der Waals surface area contributed by atoms with E-state index in [1.165, 1.54) is 11.1 Å². The van der Waals surface area contributed by atoms with E-state index >= 15 is 0 Å². The summed E-state index contributed by atoms with van der Waals surface area (Å²) in [6.45, 7) is 0. The lowest BCUT2D eigenvalue weighted by atomic mass is 9.71. The van der Waals surface area contributed by atoms with Crippen molar-refractivity contribution >= 4 is 35.0 Å². The molecule has 2 aliphatic rings. The predicted octanol–water partition coefficient (Wildman–Crippen LogP) is 5.70. The first-order valence-electron chi connectivity index (χ1n) is 11.6. The summed E-state index contributed by atoms with van der Waals surface area (Å²) in [5, 5.41) is 7.57. The normalized spacial score (nSPS) is 23.3. The van der Waals surface area contributed by atoms with Gasteiger partial charge in [0.05, 0.1) is 0 Å². The molecule has 0 saturated heterocycles. The molecule has 0 radical (unpaired) electrons. The van der Waals surface area contributed by atoms with Crippen LogP contribution in [0.1, 0.15) is 66.3 Å². The number of oxime groups is 1. The molecule has 2 saturated carbocycles. The van der Waals surface area contributed by atoms with E-state index < -0.39 is 5.97 Å². The number of halogens is 2. The first-order chi connectivity index (χ1) is 17.1. The Kier molecular flexibility index (Phi) is 8.77. The molecule has 1 heterocycles. The number of alkyl halides is 2. The Morgan fingerprint density at radius 2 is 1.51 bits per heavy atom. The lowest BCUT2D eigenvalue weighted by molar-refractivity contribution is -0.140. The number of rotatable bonds is 7. The molecule has 2 N–H and O–H groups in total. The summed E-state index contributed by atoms with van der Waals surface area (Å²) >= 11 is 10.9. The molecule has 2 fully saturated rings. The molecule has 0 atom stereocenters. The topological polar surface area (TPSA) is 104 Å². The van der Waals surface area contributed by atoms with E-state index in [1.807, 2.05) is 24.3 Å². The predicted molar refractivity (Wildman–Crippen MR) is 135 cm³/mol. The lowest BCUT2D eigenvalue weighted by Crippen LogP contribution is -2.34. The standard InChI is InChI=1S/C13H15ClN2O2.C13H13ClN2O/c14-8-12(17)18-16-13(15)11-6-10(7-11)9-4-2-1-3-5-9;14-8-12-15-13(16-17-12)11-6-10(7-11)9-4-2-1-3-5-9/h1-5,10-11H,6-8H2,(H2,15,16);1-5,10-11H,6-8H2. The third-order valence-electron chi connectivity index (χ3n) is 6.56. The average Bonchev–Trinajstić information content (AvgIpc) is 3.31. The minimum absolute atomic E-state index is 0.193. The SMILES string of the molecule is ClCc1nc(C2CC(c3ccccc3)C2)no1.N/C(=N\OC(=O)CCl)C1CC(c2ccccc2)C1. The first kappa shape index (κ1) is 25.2. The number of carbonyl (C=O) groups excluding carboxylic acids is 1. The Morgan fingerprint density at radius 1 is 0.943 bits per heavy atom. The molecule has 0 unspecified atom stereocenters. The van der Waals surface area contributed by atoms with Crippen molar-refractivity contribution in [2.45, 2.75) is 49.3 Å². The Bertz CT molecular complexity index is 1110. The number of aromatic nitrogens is 2. The van der Waals surface area contributed by atoms with Crippen LogP contribution in [0.25, 0.3) is 0 Å². The summed E-state index contributed by atoms with van der Waals surface area (Å²) in [4.78, 5) is 19.6. The number of amidine groups is 1. The zero-order valence-electron chi connectivity index (χ0n) is 19.2. The number of benzene rings is 2. The van der Waals surface area contributed by atoms with Crippen LogP contribution in [-0.2, 0) is 15.5 Å². The maximum Gasteiger partial charge on any atom is 0.349 e. The highest BCUT2D eigenvalue weighted by Crippen LogP contribution is 2.46. The van der Waals surface area contributed by atoms with E-state index in [0.717, 1.165) is 31.5 Å². The fourth-order valence-corrected chi connectivity index (χ4v) is 4.53. The molecular formula is C26H28Cl2N4O3. The molecule has 7 nitrogen and oxygen atoms in total. The van der Waals surface area contributed by atoms with Crippen LogP contribution in [0.3, 0.4) is 0 Å². The number of hydrogen-bond donors (Lipinski definition) is 1. The van der Waals surface area contributed by atoms with Crippen LogP contribution >= 0.6 is 23.2 Å². The molecule has 184 valence electrons. The van der Waals surface area contributed by atoms with Gasteiger partial charge in [-0.15, -0.1) is 23.2 Å². The summed E-state index contributed by atoms with van der Waals surface area (Å²) in [5.74, 6) is 2.99. The lowest BCUT2D eigenvalue weighted by Gasteiger charge is -2.34. The van der Waals surface area contributed by atoms with Crippen LogP contribution in [-0.4, -0.2) is 27.8 Å². The van der Waals surface area contributed by atoms with Gasteiger partial charge >= 0.3 is 5.97 Å². The van der Waals surface area contributed by atoms with Crippen LogP contribution in [0.2, 0.25) is 0 Å². The first-order valence-corrected chi connectivity index (χ1v) is 12.7. The van der Waals surface area contributed by atoms with Crippen molar-refractivity contribution in [1.29, 1.82) is 0 Å². The number of nitrogens with zero attached hydrogens (tertiary/aromatic N) is 3. The molecule has 5 rings (SSSR count). The van der Waals surface area contributed by atoms with Gasteiger partial charge in [-0.1, -0.05) is 71.0 Å². The highest BCUT2D eigenvalue weighted by atomic mass is 35.5. The third kappa shape index (κ3) is 6.61. The minimum Gasteiger partial charge on any atom is -0.384 e. The zero-order chi connectivity index (χ0) is 24.6. The van der Waals surface area contributed by atoms with Crippen molar-refractivity contribution in [2.24, 2.45) is 16.8 Å². The van der Waals surface area contributed by atoms with Gasteiger partial charge in [0, 0.05) is 11.8 Å². The van der Waals surface area contributed by atoms with Gasteiger partial charge in [0.2, 0.25) is 5.89 Å². The molecule has 9 heteroatoms. The van der Waals surface area contributed by atoms with Crippen molar-refractivity contribution in [3.05, 3.63) is 83.5 Å². The van der Waals surface area contributed by atoms with Gasteiger partial charge in [0.15, 0.2) is 5.82 Å². The Labute approximate surface area is 214 Å². The van der Waals surface area contributed by atoms with Crippen molar-refractivity contribution in [3.8, 4) is 0 Å². The van der Waals surface area contributed by atoms with E-state index in [-0.39, 0.29) is 11.8 Å². The Balaban J connectivity index is 0.000000165. The Morgan fingerprint density at radius 3 is 2.03 bits per heavy atom. The molecule has 0 spiro atoms. The van der Waals surface area contributed by atoms with Gasteiger partial charge in [-0.25, -0.2) is 4.79 Å². The summed E-state index contributed by atoms with van der Waals surface area (Å²) in [6.07, 6.45) is 4.09. The summed E-state index contributed by atoms with van der Waals surface area (Å²) in [7, 11) is 0. The van der Waals surface area contributed by atoms with Gasteiger partial charge < -0.3 is 15.1 Å². The molecule has 35 heavy (non-hydrogen) atoms. The fraction of sp³-hybridized carbons (Fsp3) is 0.385. The summed E-state index contributed by atoms with van der Waals surface area (Å²) < 4.78 is 5.02. The van der Waals surface area contributed by atoms with Gasteiger partial charge in [0.25, 0.3) is 0 Å². The van der Waals surface area contributed by atoms with Crippen LogP contribution < -0.4 is 5.73 Å². The molecule has 2 aliphatic carbocycles. The van der Waals surface area contributed by atoms with E-state index in [2.05, 4.69) is 56.5 Å². The number of carbonyl (C=O) groups is 1. The Hall–Kier alpha value is -2.90. The maximum absolute atomic E-state index is 10.8. The van der Waals surface area contributed by atoms with E-state index in [4.69, 9.17) is 33.5 Å². The third-order valence-corrected chi connectivity index (χ3v) is 7.01. The molecule has 3 aromatic rings. The highest BCUT2D eigenvalue weighted by molar-refractivity contribution is 6.26. The van der Waals surface area contributed by atoms with Crippen molar-refractivity contribution < 1.29 is 14.2 Å². The molecular weight excluding hydrogens is 487 g/mol. The zero-order valence-corrected chi connectivity index (χ0v) is 20.7. The second-order valence-electron chi connectivity index (χ2n) is 8.84. The fourth-order valence-electron chi connectivity index (χ4n) is 4.37. The molecule has 1 aromatic heterocycles. The molecule has 2 aromatic carbocycles. The van der Waals surface area contributed by atoms with E-state index in [0.29, 0.717) is 35.4 Å². The summed E-state index contributed by atoms with van der Waals surface area (Å²) in [5.41, 5.74) is 8.48. The second-order valence-corrected chi connectivity index (χ2v) is 9.38. The summed E-state index contributed by atoms with van der Waals surface area (Å²) in [6, 6.07) is 20.9. The molecule has 0 bridgehead atoms. The average molecular weight is 515 g/mol. The van der Waals surface area contributed by atoms with Gasteiger partial charge in [-0.2, -0.15) is 4.98 Å². The van der Waals surface area contributed by atoms with Crippen LogP contribution in [0.4, 0.5) is 0 Å². The van der Waals surface area contributed by atoms with E-state index in [9.17, 15) is 4.79 Å². The molecule has 0 aliphatic heterocycles. The van der Waals surface area contributed by atoms with Crippen LogP contribution in [0.5, 0.6) is 0 Å². The van der Waals surface area contributed by atoms with Crippen LogP contribution in [0.15, 0.2) is 70.3 Å². The van der Waals surface area contributed by atoms with E-state index in [1.54, 1.807) is 0 Å². The van der Waals surface area contributed by atoms with Gasteiger partial charge in [-0.05, 0) is 48.6 Å².